The number of benzene rings is 1. The molecule has 2 heteroatoms. The predicted octanol–water partition coefficient (Wildman–Crippen LogP) is 4.41. The highest BCUT2D eigenvalue weighted by Gasteiger charge is 2.35. The van der Waals surface area contributed by atoms with Gasteiger partial charge >= 0.3 is 0 Å². The number of aliphatic hydroxyl groups is 1. The molecule has 20 heavy (non-hydrogen) atoms. The fraction of sp³-hybridized carbons (Fsp3) is 0.500. The van der Waals surface area contributed by atoms with E-state index >= 15 is 0 Å². The summed E-state index contributed by atoms with van der Waals surface area (Å²) in [7, 11) is 0. The van der Waals surface area contributed by atoms with Crippen molar-refractivity contribution in [1.29, 1.82) is 0 Å². The zero-order valence-corrected chi connectivity index (χ0v) is 12.2. The van der Waals surface area contributed by atoms with Crippen molar-refractivity contribution in [1.82, 2.24) is 4.98 Å². The molecule has 0 atom stereocenters. The van der Waals surface area contributed by atoms with E-state index in [0.717, 1.165) is 47.9 Å². The molecule has 1 heterocycles. The van der Waals surface area contributed by atoms with Crippen LogP contribution in [0.1, 0.15) is 51.0 Å². The van der Waals surface area contributed by atoms with Gasteiger partial charge < -0.3 is 5.11 Å². The largest absolute Gasteiger partial charge is 0.385 e. The molecule has 1 aliphatic rings. The zero-order chi connectivity index (χ0) is 14.0. The summed E-state index contributed by atoms with van der Waals surface area (Å²) < 4.78 is 0. The summed E-state index contributed by atoms with van der Waals surface area (Å²) in [4.78, 5) is 4.33. The molecule has 106 valence electrons. The first-order valence-corrected chi connectivity index (χ1v) is 7.78. The van der Waals surface area contributed by atoms with Gasteiger partial charge in [0.25, 0.3) is 0 Å². The van der Waals surface area contributed by atoms with Gasteiger partial charge in [0.15, 0.2) is 0 Å². The summed E-state index contributed by atoms with van der Waals surface area (Å²) in [5.74, 6) is 0.795. The van der Waals surface area contributed by atoms with Gasteiger partial charge in [0.1, 0.15) is 0 Å². The number of rotatable bonds is 3. The van der Waals surface area contributed by atoms with E-state index in [-0.39, 0.29) is 0 Å². The lowest BCUT2D eigenvalue weighted by Gasteiger charge is -2.36. The minimum Gasteiger partial charge on any atom is -0.385 e. The molecule has 1 fully saturated rings. The molecule has 0 radical (unpaired) electrons. The maximum Gasteiger partial charge on any atom is 0.0917 e. The minimum atomic E-state index is -0.682. The van der Waals surface area contributed by atoms with Crippen LogP contribution in [0.25, 0.3) is 10.8 Å². The van der Waals surface area contributed by atoms with Crippen LogP contribution in [0, 0.1) is 5.92 Å². The molecular weight excluding hydrogens is 246 g/mol. The standard InChI is InChI=1S/C18H23NO/c1-2-5-14-8-10-18(20,11-9-14)17-13-19-12-15-6-3-4-7-16(15)17/h3-4,6-7,12-14,20H,2,5,8-11H2,1H3. The monoisotopic (exact) mass is 269 g/mol. The molecule has 0 saturated heterocycles. The number of fused-ring (bicyclic) bond motifs is 1. The lowest BCUT2D eigenvalue weighted by molar-refractivity contribution is -0.0141. The summed E-state index contributed by atoms with van der Waals surface area (Å²) in [6.45, 7) is 2.25. The fourth-order valence-electron chi connectivity index (χ4n) is 3.61. The Morgan fingerprint density at radius 2 is 1.95 bits per heavy atom. The average molecular weight is 269 g/mol. The van der Waals surface area contributed by atoms with Crippen molar-refractivity contribution in [3.63, 3.8) is 0 Å². The number of pyridine rings is 1. The molecule has 1 N–H and O–H groups in total. The SMILES string of the molecule is CCCC1CCC(O)(c2cncc3ccccc23)CC1. The second kappa shape index (κ2) is 5.53. The number of hydrogen-bond donors (Lipinski definition) is 1. The topological polar surface area (TPSA) is 33.1 Å². The van der Waals surface area contributed by atoms with Crippen LogP contribution in [0.2, 0.25) is 0 Å². The molecule has 0 unspecified atom stereocenters. The third-order valence-electron chi connectivity index (χ3n) is 4.80. The van der Waals surface area contributed by atoms with Crippen molar-refractivity contribution in [2.24, 2.45) is 5.92 Å². The smallest absolute Gasteiger partial charge is 0.0917 e. The van der Waals surface area contributed by atoms with Crippen molar-refractivity contribution < 1.29 is 5.11 Å². The molecule has 3 rings (SSSR count). The molecule has 1 aromatic heterocycles. The molecule has 2 nitrogen and oxygen atoms in total. The molecule has 0 spiro atoms. The van der Waals surface area contributed by atoms with Gasteiger partial charge in [0.05, 0.1) is 5.60 Å². The first-order valence-electron chi connectivity index (χ1n) is 7.78. The van der Waals surface area contributed by atoms with Crippen molar-refractivity contribution in [2.75, 3.05) is 0 Å². The summed E-state index contributed by atoms with van der Waals surface area (Å²) in [5.41, 5.74) is 0.337. The van der Waals surface area contributed by atoms with Gasteiger partial charge in [0, 0.05) is 23.3 Å². The second-order valence-corrected chi connectivity index (χ2v) is 6.17. The second-order valence-electron chi connectivity index (χ2n) is 6.17. The van der Waals surface area contributed by atoms with Crippen molar-refractivity contribution in [2.45, 2.75) is 51.0 Å². The van der Waals surface area contributed by atoms with Crippen LogP contribution in [0.3, 0.4) is 0 Å². The van der Waals surface area contributed by atoms with E-state index in [0.29, 0.717) is 0 Å². The van der Waals surface area contributed by atoms with Crippen LogP contribution in [-0.4, -0.2) is 10.1 Å². The fourth-order valence-corrected chi connectivity index (χ4v) is 3.61. The van der Waals surface area contributed by atoms with Gasteiger partial charge in [-0.25, -0.2) is 0 Å². The van der Waals surface area contributed by atoms with E-state index in [9.17, 15) is 5.11 Å². The lowest BCUT2D eigenvalue weighted by Crippen LogP contribution is -2.31. The Balaban J connectivity index is 1.91. The molecule has 0 aliphatic heterocycles. The highest BCUT2D eigenvalue weighted by atomic mass is 16.3. The Morgan fingerprint density at radius 3 is 2.70 bits per heavy atom. The maximum atomic E-state index is 11.1. The summed E-state index contributed by atoms with van der Waals surface area (Å²) in [6.07, 6.45) is 10.3. The van der Waals surface area contributed by atoms with Crippen LogP contribution in [0.4, 0.5) is 0 Å². The normalized spacial score (nSPS) is 26.8. The molecule has 2 aromatic rings. The van der Waals surface area contributed by atoms with E-state index in [1.165, 1.54) is 12.8 Å². The highest BCUT2D eigenvalue weighted by molar-refractivity contribution is 5.85. The van der Waals surface area contributed by atoms with Gasteiger partial charge in [0.2, 0.25) is 0 Å². The highest BCUT2D eigenvalue weighted by Crippen LogP contribution is 2.42. The minimum absolute atomic E-state index is 0.682. The van der Waals surface area contributed by atoms with Gasteiger partial charge in [-0.1, -0.05) is 44.0 Å². The third kappa shape index (κ3) is 2.45. The van der Waals surface area contributed by atoms with E-state index < -0.39 is 5.60 Å². The quantitative estimate of drug-likeness (QED) is 0.895. The molecule has 0 bridgehead atoms. The molecule has 1 aliphatic carbocycles. The first-order chi connectivity index (χ1) is 9.73. The van der Waals surface area contributed by atoms with Gasteiger partial charge in [-0.15, -0.1) is 0 Å². The van der Waals surface area contributed by atoms with Gasteiger partial charge in [-0.05, 0) is 37.0 Å². The van der Waals surface area contributed by atoms with E-state index in [4.69, 9.17) is 0 Å². The summed E-state index contributed by atoms with van der Waals surface area (Å²) >= 11 is 0. The Labute approximate surface area is 120 Å². The van der Waals surface area contributed by atoms with Crippen molar-refractivity contribution in [3.05, 3.63) is 42.2 Å². The Morgan fingerprint density at radius 1 is 1.20 bits per heavy atom. The van der Waals surface area contributed by atoms with Crippen LogP contribution in [-0.2, 0) is 5.60 Å². The van der Waals surface area contributed by atoms with Crippen molar-refractivity contribution in [3.8, 4) is 0 Å². The molecule has 0 amide bonds. The van der Waals surface area contributed by atoms with E-state index in [2.05, 4.69) is 24.0 Å². The molecule has 1 aromatic carbocycles. The van der Waals surface area contributed by atoms with Crippen LogP contribution in [0.5, 0.6) is 0 Å². The van der Waals surface area contributed by atoms with Gasteiger partial charge in [-0.3, -0.25) is 4.98 Å². The summed E-state index contributed by atoms with van der Waals surface area (Å²) in [5, 5.41) is 13.4. The predicted molar refractivity (Wildman–Crippen MR) is 82.5 cm³/mol. The van der Waals surface area contributed by atoms with Crippen molar-refractivity contribution >= 4 is 10.8 Å². The Bertz CT molecular complexity index is 579. The summed E-state index contributed by atoms with van der Waals surface area (Å²) in [6, 6.07) is 8.23. The van der Waals surface area contributed by atoms with Crippen LogP contribution < -0.4 is 0 Å². The number of aromatic nitrogens is 1. The first kappa shape index (κ1) is 13.6. The van der Waals surface area contributed by atoms with Crippen LogP contribution in [0.15, 0.2) is 36.7 Å². The zero-order valence-electron chi connectivity index (χ0n) is 12.2. The molecule has 1 saturated carbocycles. The van der Waals surface area contributed by atoms with E-state index in [1.54, 1.807) is 0 Å². The Kier molecular flexibility index (Phi) is 3.75. The Hall–Kier alpha value is -1.41. The van der Waals surface area contributed by atoms with Gasteiger partial charge in [-0.2, -0.15) is 0 Å². The number of nitrogens with zero attached hydrogens (tertiary/aromatic N) is 1. The number of hydrogen-bond acceptors (Lipinski definition) is 2. The van der Waals surface area contributed by atoms with Crippen LogP contribution >= 0.6 is 0 Å². The molecular formula is C18H23NO. The maximum absolute atomic E-state index is 11.1. The third-order valence-corrected chi connectivity index (χ3v) is 4.80. The lowest BCUT2D eigenvalue weighted by atomic mass is 9.73. The average Bonchev–Trinajstić information content (AvgIpc) is 2.49. The van der Waals surface area contributed by atoms with E-state index in [1.807, 2.05) is 24.5 Å².